The normalized spacial score (nSPS) is 64.0. The van der Waals surface area contributed by atoms with Crippen LogP contribution in [-0.2, 0) is 0 Å². The summed E-state index contributed by atoms with van der Waals surface area (Å²) in [5.74, 6) is 11.5. The van der Waals surface area contributed by atoms with Crippen LogP contribution < -0.4 is 0 Å². The fraction of sp³-hybridized carbons (Fsp3) is 1.00. The Hall–Kier alpha value is 0. The van der Waals surface area contributed by atoms with Crippen molar-refractivity contribution < 1.29 is 0 Å². The molecular formula is C21H38. The predicted octanol–water partition coefficient (Wildman–Crippen LogP) is 5.97. The van der Waals surface area contributed by atoms with Crippen molar-refractivity contribution in [3.8, 4) is 0 Å². The van der Waals surface area contributed by atoms with Gasteiger partial charge in [0.15, 0.2) is 0 Å². The van der Waals surface area contributed by atoms with Crippen LogP contribution in [0.3, 0.4) is 0 Å². The van der Waals surface area contributed by atoms with E-state index < -0.39 is 0 Å². The molecule has 0 saturated heterocycles. The first-order chi connectivity index (χ1) is 9.77. The summed E-state index contributed by atoms with van der Waals surface area (Å²) in [5.41, 5.74) is 0. The third-order valence-corrected chi connectivity index (χ3v) is 9.52. The Kier molecular flexibility index (Phi) is 3.99. The van der Waals surface area contributed by atoms with Crippen molar-refractivity contribution >= 4 is 0 Å². The van der Waals surface area contributed by atoms with Gasteiger partial charge in [-0.1, -0.05) is 55.4 Å². The Morgan fingerprint density at radius 3 is 1.00 bits per heavy atom. The molecule has 0 aromatic heterocycles. The molecule has 12 atom stereocenters. The van der Waals surface area contributed by atoms with Crippen molar-refractivity contribution in [2.24, 2.45) is 71.0 Å². The lowest BCUT2D eigenvalue weighted by atomic mass is 9.53. The quantitative estimate of drug-likeness (QED) is 0.515. The highest BCUT2D eigenvalue weighted by atomic mass is 14.6. The molecule has 0 heteroatoms. The zero-order valence-corrected chi connectivity index (χ0v) is 15.6. The molecule has 0 spiro atoms. The van der Waals surface area contributed by atoms with Crippen molar-refractivity contribution in [3.63, 3.8) is 0 Å². The molecule has 0 radical (unpaired) electrons. The molecule has 0 aromatic rings. The van der Waals surface area contributed by atoms with Gasteiger partial charge in [-0.25, -0.2) is 0 Å². The fourth-order valence-corrected chi connectivity index (χ4v) is 7.21. The molecule has 3 fully saturated rings. The lowest BCUT2D eigenvalue weighted by Gasteiger charge is -2.51. The third kappa shape index (κ3) is 2.07. The summed E-state index contributed by atoms with van der Waals surface area (Å²) in [5, 5.41) is 0. The van der Waals surface area contributed by atoms with E-state index in [2.05, 4.69) is 55.4 Å². The molecule has 21 heavy (non-hydrogen) atoms. The van der Waals surface area contributed by atoms with Gasteiger partial charge in [0.25, 0.3) is 0 Å². The summed E-state index contributed by atoms with van der Waals surface area (Å²) < 4.78 is 0. The van der Waals surface area contributed by atoms with Crippen LogP contribution in [0, 0.1) is 71.0 Å². The van der Waals surface area contributed by atoms with E-state index in [-0.39, 0.29) is 0 Å². The third-order valence-electron chi connectivity index (χ3n) is 9.52. The second-order valence-electron chi connectivity index (χ2n) is 9.59. The molecule has 3 aliphatic rings. The number of fused-ring (bicyclic) bond motifs is 3. The molecule has 0 N–H and O–H groups in total. The number of hydrogen-bond acceptors (Lipinski definition) is 0. The molecule has 0 nitrogen and oxygen atoms in total. The summed E-state index contributed by atoms with van der Waals surface area (Å²) in [6.07, 6.45) is 1.54. The summed E-state index contributed by atoms with van der Waals surface area (Å²) in [7, 11) is 0. The second-order valence-corrected chi connectivity index (χ2v) is 9.59. The van der Waals surface area contributed by atoms with Gasteiger partial charge in [0.05, 0.1) is 0 Å². The summed E-state index contributed by atoms with van der Waals surface area (Å²) in [6.45, 7) is 20.5. The minimum atomic E-state index is 0.914. The van der Waals surface area contributed by atoms with Crippen LogP contribution in [0.15, 0.2) is 0 Å². The average Bonchev–Trinajstić information content (AvgIpc) is 2.87. The topological polar surface area (TPSA) is 0 Å². The molecule has 12 unspecified atom stereocenters. The molecule has 0 aliphatic heterocycles. The minimum Gasteiger partial charge on any atom is -0.0620 e. The molecule has 0 aromatic carbocycles. The summed E-state index contributed by atoms with van der Waals surface area (Å²) in [4.78, 5) is 0. The van der Waals surface area contributed by atoms with Crippen molar-refractivity contribution in [2.75, 3.05) is 0 Å². The van der Waals surface area contributed by atoms with E-state index in [1.165, 1.54) is 0 Å². The van der Waals surface area contributed by atoms with Crippen LogP contribution in [0.4, 0.5) is 0 Å². The van der Waals surface area contributed by atoms with Crippen molar-refractivity contribution in [2.45, 2.75) is 61.8 Å². The molecule has 3 saturated carbocycles. The highest BCUT2D eigenvalue weighted by molar-refractivity contribution is 5.06. The Morgan fingerprint density at radius 1 is 0.381 bits per heavy atom. The molecule has 0 amide bonds. The highest BCUT2D eigenvalue weighted by Gasteiger charge is 2.58. The zero-order valence-electron chi connectivity index (χ0n) is 15.6. The van der Waals surface area contributed by atoms with E-state index in [9.17, 15) is 0 Å². The largest absolute Gasteiger partial charge is 0.0620 e. The van der Waals surface area contributed by atoms with E-state index in [1.807, 2.05) is 0 Å². The SMILES string of the molecule is CC1C(C)C(C)C2C(CC3C(C)C(C)C(C)C(C)C32)C1C. The van der Waals surface area contributed by atoms with Gasteiger partial charge in [-0.2, -0.15) is 0 Å². The van der Waals surface area contributed by atoms with E-state index >= 15 is 0 Å². The highest BCUT2D eigenvalue weighted by Crippen LogP contribution is 2.64. The minimum absolute atomic E-state index is 0.914. The Labute approximate surface area is 133 Å². The van der Waals surface area contributed by atoms with Gasteiger partial charge >= 0.3 is 0 Å². The Balaban J connectivity index is 1.96. The van der Waals surface area contributed by atoms with Crippen molar-refractivity contribution in [1.29, 1.82) is 0 Å². The standard InChI is InChI=1S/C21H38/c1-10-12(3)16(7)20-18(14(10)5)9-19-15(6)11(2)13(4)17(8)21(19)20/h10-21H,9H2,1-8H3. The molecule has 122 valence electrons. The van der Waals surface area contributed by atoms with Gasteiger partial charge in [-0.05, 0) is 77.4 Å². The summed E-state index contributed by atoms with van der Waals surface area (Å²) >= 11 is 0. The van der Waals surface area contributed by atoms with Crippen molar-refractivity contribution in [1.82, 2.24) is 0 Å². The van der Waals surface area contributed by atoms with E-state index in [0.29, 0.717) is 0 Å². The Morgan fingerprint density at radius 2 is 0.667 bits per heavy atom. The lowest BCUT2D eigenvalue weighted by molar-refractivity contribution is -0.0377. The van der Waals surface area contributed by atoms with Crippen LogP contribution in [0.1, 0.15) is 61.8 Å². The average molecular weight is 291 g/mol. The maximum absolute atomic E-state index is 2.59. The summed E-state index contributed by atoms with van der Waals surface area (Å²) in [6, 6.07) is 0. The van der Waals surface area contributed by atoms with Crippen molar-refractivity contribution in [3.05, 3.63) is 0 Å². The monoisotopic (exact) mass is 290 g/mol. The molecular weight excluding hydrogens is 252 g/mol. The smallest absolute Gasteiger partial charge is 0.0321 e. The van der Waals surface area contributed by atoms with E-state index in [0.717, 1.165) is 71.0 Å². The zero-order chi connectivity index (χ0) is 15.6. The fourth-order valence-electron chi connectivity index (χ4n) is 7.21. The van der Waals surface area contributed by atoms with Gasteiger partial charge in [-0.3, -0.25) is 0 Å². The van der Waals surface area contributed by atoms with E-state index in [4.69, 9.17) is 0 Å². The molecule has 0 heterocycles. The lowest BCUT2D eigenvalue weighted by Crippen LogP contribution is -2.46. The molecule has 3 rings (SSSR count). The first kappa shape index (κ1) is 15.9. The van der Waals surface area contributed by atoms with Crippen LogP contribution >= 0.6 is 0 Å². The first-order valence-corrected chi connectivity index (χ1v) is 9.77. The second kappa shape index (κ2) is 5.27. The van der Waals surface area contributed by atoms with Gasteiger partial charge in [0.2, 0.25) is 0 Å². The van der Waals surface area contributed by atoms with Crippen LogP contribution in [0.25, 0.3) is 0 Å². The maximum Gasteiger partial charge on any atom is -0.0321 e. The van der Waals surface area contributed by atoms with Gasteiger partial charge in [-0.15, -0.1) is 0 Å². The Bertz CT molecular complexity index is 349. The van der Waals surface area contributed by atoms with Gasteiger partial charge in [0.1, 0.15) is 0 Å². The van der Waals surface area contributed by atoms with Crippen LogP contribution in [0.2, 0.25) is 0 Å². The predicted molar refractivity (Wildman–Crippen MR) is 91.9 cm³/mol. The number of hydrogen-bond donors (Lipinski definition) is 0. The van der Waals surface area contributed by atoms with Crippen LogP contribution in [0.5, 0.6) is 0 Å². The molecule has 3 aliphatic carbocycles. The molecule has 0 bridgehead atoms. The van der Waals surface area contributed by atoms with Gasteiger partial charge < -0.3 is 0 Å². The van der Waals surface area contributed by atoms with Gasteiger partial charge in [0, 0.05) is 0 Å². The van der Waals surface area contributed by atoms with Crippen LogP contribution in [-0.4, -0.2) is 0 Å². The number of rotatable bonds is 0. The van der Waals surface area contributed by atoms with E-state index in [1.54, 1.807) is 6.42 Å². The first-order valence-electron chi connectivity index (χ1n) is 9.77. The maximum atomic E-state index is 2.59.